The van der Waals surface area contributed by atoms with Crippen LogP contribution in [0.1, 0.15) is 17.5 Å². The summed E-state index contributed by atoms with van der Waals surface area (Å²) in [6.45, 7) is 0.593. The Bertz CT molecular complexity index is 471. The van der Waals surface area contributed by atoms with Crippen LogP contribution in [0.5, 0.6) is 0 Å². The van der Waals surface area contributed by atoms with E-state index in [9.17, 15) is 13.2 Å². The Morgan fingerprint density at radius 1 is 1.37 bits per heavy atom. The summed E-state index contributed by atoms with van der Waals surface area (Å²) >= 11 is 0. The van der Waals surface area contributed by atoms with Crippen LogP contribution in [0.4, 0.5) is 13.2 Å². The van der Waals surface area contributed by atoms with E-state index >= 15 is 0 Å². The van der Waals surface area contributed by atoms with Gasteiger partial charge >= 0.3 is 6.18 Å². The smallest absolute Gasteiger partial charge is 0.416 e. The third-order valence-electron chi connectivity index (χ3n) is 2.97. The van der Waals surface area contributed by atoms with Gasteiger partial charge in [0.25, 0.3) is 0 Å². The highest BCUT2D eigenvalue weighted by atomic mass is 19.4. The van der Waals surface area contributed by atoms with Crippen LogP contribution in [-0.4, -0.2) is 12.6 Å². The minimum atomic E-state index is -4.33. The molecule has 1 atom stereocenters. The van der Waals surface area contributed by atoms with Crippen molar-refractivity contribution in [1.29, 1.82) is 0 Å². The van der Waals surface area contributed by atoms with Crippen LogP contribution in [0, 0.1) is 0 Å². The fraction of sp³-hybridized carbons (Fsp3) is 0.385. The normalized spacial score (nSPS) is 16.9. The molecule has 3 N–H and O–H groups in total. The lowest BCUT2D eigenvalue weighted by molar-refractivity contribution is -0.137. The number of halogens is 3. The van der Waals surface area contributed by atoms with Gasteiger partial charge in [0.05, 0.1) is 18.2 Å². The van der Waals surface area contributed by atoms with Crippen LogP contribution >= 0.6 is 0 Å². The van der Waals surface area contributed by atoms with Crippen LogP contribution in [0.15, 0.2) is 36.1 Å². The van der Waals surface area contributed by atoms with Gasteiger partial charge in [0.15, 0.2) is 0 Å². The van der Waals surface area contributed by atoms with Crippen LogP contribution in [0.3, 0.4) is 0 Å². The Kier molecular flexibility index (Phi) is 4.11. The predicted octanol–water partition coefficient (Wildman–Crippen LogP) is 2.38. The lowest BCUT2D eigenvalue weighted by atomic mass is 10.0. The second-order valence-corrected chi connectivity index (χ2v) is 4.37. The zero-order valence-electron chi connectivity index (χ0n) is 10.2. The Labute approximate surface area is 109 Å². The van der Waals surface area contributed by atoms with Crippen molar-refractivity contribution in [2.75, 3.05) is 6.61 Å². The van der Waals surface area contributed by atoms with Gasteiger partial charge in [-0.1, -0.05) is 18.2 Å². The van der Waals surface area contributed by atoms with Crippen LogP contribution in [0.25, 0.3) is 0 Å². The highest BCUT2D eigenvalue weighted by Crippen LogP contribution is 2.30. The van der Waals surface area contributed by atoms with E-state index in [-0.39, 0.29) is 6.04 Å². The van der Waals surface area contributed by atoms with E-state index < -0.39 is 11.7 Å². The number of alkyl halides is 3. The molecule has 0 spiro atoms. The Hall–Kier alpha value is -1.53. The zero-order valence-corrected chi connectivity index (χ0v) is 10.2. The first-order valence-electron chi connectivity index (χ1n) is 5.96. The molecule has 0 aliphatic carbocycles. The van der Waals surface area contributed by atoms with Gasteiger partial charge in [0, 0.05) is 6.42 Å². The molecule has 1 aliphatic rings. The Morgan fingerprint density at radius 3 is 2.74 bits per heavy atom. The molecule has 1 heterocycles. The fourth-order valence-electron chi connectivity index (χ4n) is 2.03. The number of hydrazine groups is 1. The van der Waals surface area contributed by atoms with E-state index in [1.165, 1.54) is 6.07 Å². The van der Waals surface area contributed by atoms with Gasteiger partial charge in [-0.2, -0.15) is 13.2 Å². The lowest BCUT2D eigenvalue weighted by Crippen LogP contribution is -2.38. The molecule has 0 fully saturated rings. The predicted molar refractivity (Wildman–Crippen MR) is 64.9 cm³/mol. The molecule has 0 bridgehead atoms. The SMILES string of the molecule is NNC(Cc1cccc(C(F)(F)F)c1)C1=CCCO1. The first kappa shape index (κ1) is 13.9. The highest BCUT2D eigenvalue weighted by Gasteiger charge is 2.30. The van der Waals surface area contributed by atoms with Crippen molar-refractivity contribution >= 4 is 0 Å². The second-order valence-electron chi connectivity index (χ2n) is 4.37. The Balaban J connectivity index is 2.13. The molecule has 19 heavy (non-hydrogen) atoms. The van der Waals surface area contributed by atoms with Gasteiger partial charge in [0.2, 0.25) is 0 Å². The maximum Gasteiger partial charge on any atom is 0.416 e. The van der Waals surface area contributed by atoms with Crippen molar-refractivity contribution in [2.45, 2.75) is 25.1 Å². The number of rotatable bonds is 4. The number of hydrogen-bond acceptors (Lipinski definition) is 3. The maximum atomic E-state index is 12.6. The summed E-state index contributed by atoms with van der Waals surface area (Å²) in [5.74, 6) is 6.13. The summed E-state index contributed by atoms with van der Waals surface area (Å²) < 4.78 is 43.2. The molecule has 0 amide bonds. The van der Waals surface area contributed by atoms with E-state index in [0.29, 0.717) is 24.4 Å². The molecule has 1 unspecified atom stereocenters. The van der Waals surface area contributed by atoms with Crippen molar-refractivity contribution in [1.82, 2.24) is 5.43 Å². The van der Waals surface area contributed by atoms with Crippen molar-refractivity contribution in [3.63, 3.8) is 0 Å². The monoisotopic (exact) mass is 272 g/mol. The fourth-order valence-corrected chi connectivity index (χ4v) is 2.03. The lowest BCUT2D eigenvalue weighted by Gasteiger charge is -2.18. The zero-order chi connectivity index (χ0) is 13.9. The van der Waals surface area contributed by atoms with Crippen molar-refractivity contribution < 1.29 is 17.9 Å². The van der Waals surface area contributed by atoms with Crippen molar-refractivity contribution in [2.24, 2.45) is 5.84 Å². The molecule has 0 aromatic heterocycles. The van der Waals surface area contributed by atoms with Gasteiger partial charge in [-0.05, 0) is 24.1 Å². The Morgan fingerprint density at radius 2 is 2.16 bits per heavy atom. The van der Waals surface area contributed by atoms with Crippen LogP contribution in [0.2, 0.25) is 0 Å². The molecule has 104 valence electrons. The van der Waals surface area contributed by atoms with Gasteiger partial charge in [-0.25, -0.2) is 5.43 Å². The molecule has 1 aliphatic heterocycles. The molecule has 0 radical (unpaired) electrons. The van der Waals surface area contributed by atoms with E-state index in [1.54, 1.807) is 6.07 Å². The van der Waals surface area contributed by atoms with Gasteiger partial charge < -0.3 is 4.74 Å². The molecule has 3 nitrogen and oxygen atoms in total. The summed E-state index contributed by atoms with van der Waals surface area (Å²) in [5.41, 5.74) is 2.49. The topological polar surface area (TPSA) is 47.3 Å². The largest absolute Gasteiger partial charge is 0.496 e. The molecule has 0 saturated carbocycles. The highest BCUT2D eigenvalue weighted by molar-refractivity contribution is 5.27. The van der Waals surface area contributed by atoms with Crippen LogP contribution in [-0.2, 0) is 17.3 Å². The number of ether oxygens (including phenoxy) is 1. The average molecular weight is 272 g/mol. The van der Waals surface area contributed by atoms with E-state index in [4.69, 9.17) is 10.6 Å². The third-order valence-corrected chi connectivity index (χ3v) is 2.97. The van der Waals surface area contributed by atoms with E-state index in [2.05, 4.69) is 5.43 Å². The molecular weight excluding hydrogens is 257 g/mol. The standard InChI is InChI=1S/C13H15F3N2O/c14-13(15,16)10-4-1-3-9(7-10)8-11(18-17)12-5-2-6-19-12/h1,3-5,7,11,18H,2,6,8,17H2. The number of nitrogens with two attached hydrogens (primary N) is 1. The van der Waals surface area contributed by atoms with E-state index in [0.717, 1.165) is 18.6 Å². The van der Waals surface area contributed by atoms with Gasteiger partial charge in [0.1, 0.15) is 5.76 Å². The van der Waals surface area contributed by atoms with Crippen molar-refractivity contribution in [3.05, 3.63) is 47.2 Å². The summed E-state index contributed by atoms with van der Waals surface area (Å²) in [4.78, 5) is 0. The van der Waals surface area contributed by atoms with Crippen LogP contribution < -0.4 is 11.3 Å². The third kappa shape index (κ3) is 3.48. The average Bonchev–Trinajstić information content (AvgIpc) is 2.89. The summed E-state index contributed by atoms with van der Waals surface area (Å²) in [6, 6.07) is 4.94. The molecule has 1 aromatic rings. The second kappa shape index (κ2) is 5.63. The molecule has 2 rings (SSSR count). The molecule has 6 heteroatoms. The number of benzene rings is 1. The van der Waals surface area contributed by atoms with E-state index in [1.807, 2.05) is 6.08 Å². The first-order valence-corrected chi connectivity index (χ1v) is 5.96. The van der Waals surface area contributed by atoms with Crippen molar-refractivity contribution in [3.8, 4) is 0 Å². The minimum absolute atomic E-state index is 0.300. The molecule has 0 saturated heterocycles. The summed E-state index contributed by atoms with van der Waals surface area (Å²) in [7, 11) is 0. The molecular formula is C13H15F3N2O. The maximum absolute atomic E-state index is 12.6. The summed E-state index contributed by atoms with van der Waals surface area (Å²) in [5, 5.41) is 0. The number of nitrogens with one attached hydrogen (secondary N) is 1. The first-order chi connectivity index (χ1) is 9.00. The quantitative estimate of drug-likeness (QED) is 0.653. The van der Waals surface area contributed by atoms with Gasteiger partial charge in [-0.3, -0.25) is 5.84 Å². The number of hydrogen-bond donors (Lipinski definition) is 2. The van der Waals surface area contributed by atoms with Gasteiger partial charge in [-0.15, -0.1) is 0 Å². The minimum Gasteiger partial charge on any atom is -0.496 e. The summed E-state index contributed by atoms with van der Waals surface area (Å²) in [6.07, 6.45) is -1.27. The molecule has 1 aromatic carbocycles.